The molecule has 0 aliphatic rings. The number of alkyl halides is 3. The van der Waals surface area contributed by atoms with Crippen molar-refractivity contribution >= 4 is 5.91 Å². The Hall–Kier alpha value is -1.63. The van der Waals surface area contributed by atoms with Gasteiger partial charge in [0.15, 0.2) is 0 Å². The van der Waals surface area contributed by atoms with Crippen molar-refractivity contribution in [3.63, 3.8) is 0 Å². The highest BCUT2D eigenvalue weighted by atomic mass is 19.4. The third kappa shape index (κ3) is 3.93. The highest BCUT2D eigenvalue weighted by Gasteiger charge is 2.32. The predicted octanol–water partition coefficient (Wildman–Crippen LogP) is 2.51. The summed E-state index contributed by atoms with van der Waals surface area (Å²) in [4.78, 5) is 13.1. The van der Waals surface area contributed by atoms with Gasteiger partial charge < -0.3 is 10.6 Å². The molecule has 0 aliphatic carbocycles. The Morgan fingerprint density at radius 3 is 2.50 bits per heavy atom. The van der Waals surface area contributed by atoms with Gasteiger partial charge in [0, 0.05) is 13.6 Å². The van der Waals surface area contributed by atoms with Crippen LogP contribution in [-0.4, -0.2) is 30.9 Å². The van der Waals surface area contributed by atoms with Crippen LogP contribution in [0.5, 0.6) is 0 Å². The van der Waals surface area contributed by atoms with Crippen LogP contribution >= 0.6 is 0 Å². The van der Waals surface area contributed by atoms with E-state index in [1.807, 2.05) is 0 Å². The second-order valence-electron chi connectivity index (χ2n) is 4.72. The van der Waals surface area contributed by atoms with Crippen LogP contribution in [0.3, 0.4) is 0 Å². The van der Waals surface area contributed by atoms with Crippen LogP contribution in [0.4, 0.5) is 17.6 Å². The lowest BCUT2D eigenvalue weighted by Crippen LogP contribution is -2.34. The molecule has 0 bridgehead atoms. The van der Waals surface area contributed by atoms with E-state index >= 15 is 0 Å². The molecule has 0 radical (unpaired) electrons. The van der Waals surface area contributed by atoms with Gasteiger partial charge in [-0.2, -0.15) is 13.2 Å². The fourth-order valence-corrected chi connectivity index (χ4v) is 1.70. The molecule has 0 saturated carbocycles. The zero-order chi connectivity index (χ0) is 15.5. The summed E-state index contributed by atoms with van der Waals surface area (Å²) in [5, 5.41) is 0. The van der Waals surface area contributed by atoms with Crippen molar-refractivity contribution in [1.29, 1.82) is 0 Å². The van der Waals surface area contributed by atoms with E-state index in [0.29, 0.717) is 24.7 Å². The van der Waals surface area contributed by atoms with Gasteiger partial charge in [-0.3, -0.25) is 4.79 Å². The lowest BCUT2D eigenvalue weighted by molar-refractivity contribution is -0.137. The number of carbonyl (C=O) groups is 1. The molecule has 1 aromatic carbocycles. The molecule has 7 heteroatoms. The SMILES string of the molecule is CC(CN)CN(C)C(=O)c1cc(C(F)(F)F)ccc1F. The molecule has 0 spiro atoms. The Bertz CT molecular complexity index is 488. The minimum atomic E-state index is -4.62. The smallest absolute Gasteiger partial charge is 0.341 e. The number of nitrogens with zero attached hydrogens (tertiary/aromatic N) is 1. The average molecular weight is 292 g/mol. The normalized spacial score (nSPS) is 13.2. The highest BCUT2D eigenvalue weighted by Crippen LogP contribution is 2.30. The van der Waals surface area contributed by atoms with Crippen molar-refractivity contribution in [2.45, 2.75) is 13.1 Å². The quantitative estimate of drug-likeness (QED) is 0.867. The van der Waals surface area contributed by atoms with Crippen LogP contribution in [-0.2, 0) is 6.18 Å². The number of carbonyl (C=O) groups excluding carboxylic acids is 1. The van der Waals surface area contributed by atoms with Crippen LogP contribution < -0.4 is 5.73 Å². The fourth-order valence-electron chi connectivity index (χ4n) is 1.70. The minimum Gasteiger partial charge on any atom is -0.341 e. The highest BCUT2D eigenvalue weighted by molar-refractivity contribution is 5.94. The van der Waals surface area contributed by atoms with Gasteiger partial charge in [0.05, 0.1) is 11.1 Å². The summed E-state index contributed by atoms with van der Waals surface area (Å²) in [6, 6.07) is 1.78. The third-order valence-corrected chi connectivity index (χ3v) is 2.86. The van der Waals surface area contributed by atoms with Crippen molar-refractivity contribution in [2.75, 3.05) is 20.1 Å². The maximum atomic E-state index is 13.5. The largest absolute Gasteiger partial charge is 0.416 e. The first-order chi connectivity index (χ1) is 9.16. The van der Waals surface area contributed by atoms with Crippen LogP contribution in [0.15, 0.2) is 18.2 Å². The van der Waals surface area contributed by atoms with E-state index in [1.54, 1.807) is 6.92 Å². The Morgan fingerprint density at radius 2 is 2.00 bits per heavy atom. The number of nitrogens with two attached hydrogens (primary N) is 1. The molecule has 0 aromatic heterocycles. The maximum absolute atomic E-state index is 13.5. The van der Waals surface area contributed by atoms with E-state index in [9.17, 15) is 22.4 Å². The van der Waals surface area contributed by atoms with E-state index < -0.39 is 29.0 Å². The molecule has 1 unspecified atom stereocenters. The Morgan fingerprint density at radius 1 is 1.40 bits per heavy atom. The van der Waals surface area contributed by atoms with Gasteiger partial charge in [-0.15, -0.1) is 0 Å². The summed E-state index contributed by atoms with van der Waals surface area (Å²) in [5.41, 5.74) is 3.77. The standard InChI is InChI=1S/C13H16F4N2O/c1-8(6-18)7-19(2)12(20)10-5-9(13(15,16)17)3-4-11(10)14/h3-5,8H,6-7,18H2,1-2H3. The maximum Gasteiger partial charge on any atom is 0.416 e. The Balaban J connectivity index is 3.03. The van der Waals surface area contributed by atoms with Gasteiger partial charge in [0.1, 0.15) is 5.82 Å². The summed E-state index contributed by atoms with van der Waals surface area (Å²) in [7, 11) is 1.40. The minimum absolute atomic E-state index is 0.0298. The zero-order valence-electron chi connectivity index (χ0n) is 11.2. The first kappa shape index (κ1) is 16.4. The molecule has 1 amide bonds. The van der Waals surface area contributed by atoms with E-state index in [2.05, 4.69) is 0 Å². The Kier molecular flexibility index (Phi) is 5.10. The van der Waals surface area contributed by atoms with Crippen molar-refractivity contribution in [2.24, 2.45) is 11.7 Å². The molecule has 0 fully saturated rings. The molecule has 0 aliphatic heterocycles. The summed E-state index contributed by atoms with van der Waals surface area (Å²) < 4.78 is 51.2. The van der Waals surface area contributed by atoms with Crippen LogP contribution in [0.2, 0.25) is 0 Å². The van der Waals surface area contributed by atoms with Crippen molar-refractivity contribution < 1.29 is 22.4 Å². The first-order valence-corrected chi connectivity index (χ1v) is 5.99. The number of hydrogen-bond acceptors (Lipinski definition) is 2. The van der Waals surface area contributed by atoms with E-state index in [1.165, 1.54) is 7.05 Å². The van der Waals surface area contributed by atoms with Gasteiger partial charge in [-0.25, -0.2) is 4.39 Å². The first-order valence-electron chi connectivity index (χ1n) is 5.99. The van der Waals surface area contributed by atoms with Gasteiger partial charge in [0.2, 0.25) is 0 Å². The van der Waals surface area contributed by atoms with E-state index in [4.69, 9.17) is 5.73 Å². The number of benzene rings is 1. The molecular weight excluding hydrogens is 276 g/mol. The van der Waals surface area contributed by atoms with Crippen LogP contribution in [0.25, 0.3) is 0 Å². The Labute approximate surface area is 114 Å². The van der Waals surface area contributed by atoms with E-state index in [-0.39, 0.29) is 12.5 Å². The van der Waals surface area contributed by atoms with Crippen molar-refractivity contribution in [1.82, 2.24) is 4.90 Å². The number of amides is 1. The molecule has 1 aromatic rings. The number of hydrogen-bond donors (Lipinski definition) is 1. The molecular formula is C13H16F4N2O. The lowest BCUT2D eigenvalue weighted by Gasteiger charge is -2.21. The van der Waals surface area contributed by atoms with Gasteiger partial charge in [-0.1, -0.05) is 6.92 Å². The molecule has 1 rings (SSSR count). The average Bonchev–Trinajstić information content (AvgIpc) is 2.36. The van der Waals surface area contributed by atoms with Gasteiger partial charge >= 0.3 is 6.18 Å². The molecule has 0 heterocycles. The number of rotatable bonds is 4. The van der Waals surface area contributed by atoms with Crippen molar-refractivity contribution in [3.8, 4) is 0 Å². The molecule has 112 valence electrons. The third-order valence-electron chi connectivity index (χ3n) is 2.86. The number of halogens is 4. The van der Waals surface area contributed by atoms with Crippen LogP contribution in [0.1, 0.15) is 22.8 Å². The van der Waals surface area contributed by atoms with Crippen molar-refractivity contribution in [3.05, 3.63) is 35.1 Å². The fraction of sp³-hybridized carbons (Fsp3) is 0.462. The second-order valence-corrected chi connectivity index (χ2v) is 4.72. The summed E-state index contributed by atoms with van der Waals surface area (Å²) >= 11 is 0. The summed E-state index contributed by atoms with van der Waals surface area (Å²) in [6.45, 7) is 2.35. The predicted molar refractivity (Wildman–Crippen MR) is 66.6 cm³/mol. The van der Waals surface area contributed by atoms with Crippen LogP contribution in [0, 0.1) is 11.7 Å². The summed E-state index contributed by atoms with van der Waals surface area (Å²) in [6.07, 6.45) is -4.62. The zero-order valence-corrected chi connectivity index (χ0v) is 11.2. The second kappa shape index (κ2) is 6.21. The van der Waals surface area contributed by atoms with Gasteiger partial charge in [-0.05, 0) is 30.7 Å². The summed E-state index contributed by atoms with van der Waals surface area (Å²) in [5.74, 6) is -1.80. The molecule has 20 heavy (non-hydrogen) atoms. The molecule has 2 N–H and O–H groups in total. The topological polar surface area (TPSA) is 46.3 Å². The molecule has 3 nitrogen and oxygen atoms in total. The van der Waals surface area contributed by atoms with Gasteiger partial charge in [0.25, 0.3) is 5.91 Å². The lowest BCUT2D eigenvalue weighted by atomic mass is 10.1. The molecule has 0 saturated heterocycles. The molecule has 1 atom stereocenters. The van der Waals surface area contributed by atoms with E-state index in [0.717, 1.165) is 4.90 Å². The monoisotopic (exact) mass is 292 g/mol.